The highest BCUT2D eigenvalue weighted by atomic mass is 16.2. The van der Waals surface area contributed by atoms with Gasteiger partial charge in [-0.2, -0.15) is 0 Å². The molecule has 5 heteroatoms. The largest absolute Gasteiger partial charge is 0.345 e. The lowest BCUT2D eigenvalue weighted by Crippen LogP contribution is -2.29. The fourth-order valence-corrected chi connectivity index (χ4v) is 1.59. The van der Waals surface area contributed by atoms with Gasteiger partial charge in [0.05, 0.1) is 5.69 Å². The highest BCUT2D eigenvalue weighted by molar-refractivity contribution is 5.76. The van der Waals surface area contributed by atoms with Crippen LogP contribution in [0, 0.1) is 5.92 Å². The number of hydrogen-bond acceptors (Lipinski definition) is 3. The van der Waals surface area contributed by atoms with E-state index in [-0.39, 0.29) is 5.91 Å². The standard InChI is InChI=1S/C13H24N4O/c1-10(2)8-13(18)16(5)7-6-12-9-17(11(3)4)15-14-12/h9-11H,6-8H2,1-5H3. The molecule has 18 heavy (non-hydrogen) atoms. The van der Waals surface area contributed by atoms with Crippen molar-refractivity contribution in [1.82, 2.24) is 19.9 Å². The molecule has 0 unspecified atom stereocenters. The first-order valence-electron chi connectivity index (χ1n) is 6.54. The fraction of sp³-hybridized carbons (Fsp3) is 0.769. The molecule has 1 aromatic rings. The van der Waals surface area contributed by atoms with Crippen LogP contribution < -0.4 is 0 Å². The molecular formula is C13H24N4O. The molecule has 0 aliphatic heterocycles. The zero-order valence-corrected chi connectivity index (χ0v) is 12.1. The van der Waals surface area contributed by atoms with Crippen molar-refractivity contribution in [3.8, 4) is 0 Å². The summed E-state index contributed by atoms with van der Waals surface area (Å²) in [5.74, 6) is 0.600. The summed E-state index contributed by atoms with van der Waals surface area (Å²) in [6, 6.07) is 0.326. The van der Waals surface area contributed by atoms with E-state index in [9.17, 15) is 4.79 Å². The summed E-state index contributed by atoms with van der Waals surface area (Å²) in [6.45, 7) is 8.94. The Kier molecular flexibility index (Phi) is 5.31. The molecule has 0 N–H and O–H groups in total. The smallest absolute Gasteiger partial charge is 0.222 e. The number of nitrogens with zero attached hydrogens (tertiary/aromatic N) is 4. The van der Waals surface area contributed by atoms with E-state index in [2.05, 4.69) is 38.0 Å². The Morgan fingerprint density at radius 3 is 2.56 bits per heavy atom. The number of aromatic nitrogens is 3. The number of likely N-dealkylation sites (N-methyl/N-ethyl adjacent to an activating group) is 1. The van der Waals surface area contributed by atoms with Gasteiger partial charge in [-0.15, -0.1) is 5.10 Å². The first-order chi connectivity index (χ1) is 8.40. The van der Waals surface area contributed by atoms with Gasteiger partial charge in [0.1, 0.15) is 0 Å². The van der Waals surface area contributed by atoms with Gasteiger partial charge in [-0.1, -0.05) is 19.1 Å². The molecule has 0 fully saturated rings. The van der Waals surface area contributed by atoms with Crippen molar-refractivity contribution in [3.05, 3.63) is 11.9 Å². The molecule has 0 aliphatic carbocycles. The summed E-state index contributed by atoms with van der Waals surface area (Å²) in [7, 11) is 1.84. The van der Waals surface area contributed by atoms with E-state index in [4.69, 9.17) is 0 Å². The third kappa shape index (κ3) is 4.47. The maximum absolute atomic E-state index is 11.8. The van der Waals surface area contributed by atoms with Crippen molar-refractivity contribution < 1.29 is 4.79 Å². The molecule has 0 saturated heterocycles. The Balaban J connectivity index is 2.42. The first-order valence-corrected chi connectivity index (χ1v) is 6.54. The number of amides is 1. The van der Waals surface area contributed by atoms with Crippen molar-refractivity contribution in [1.29, 1.82) is 0 Å². The minimum absolute atomic E-state index is 0.196. The molecule has 0 atom stereocenters. The number of rotatable bonds is 6. The monoisotopic (exact) mass is 252 g/mol. The minimum atomic E-state index is 0.196. The molecule has 0 radical (unpaired) electrons. The Morgan fingerprint density at radius 2 is 2.06 bits per heavy atom. The van der Waals surface area contributed by atoms with E-state index in [0.717, 1.165) is 12.1 Å². The Bertz CT molecular complexity index is 384. The average Bonchev–Trinajstić information content (AvgIpc) is 2.73. The summed E-state index contributed by atoms with van der Waals surface area (Å²) in [4.78, 5) is 13.5. The zero-order chi connectivity index (χ0) is 13.7. The van der Waals surface area contributed by atoms with Gasteiger partial charge >= 0.3 is 0 Å². The molecule has 5 nitrogen and oxygen atoms in total. The van der Waals surface area contributed by atoms with Crippen molar-refractivity contribution in [3.63, 3.8) is 0 Å². The van der Waals surface area contributed by atoms with Gasteiger partial charge in [0.25, 0.3) is 0 Å². The predicted octanol–water partition coefficient (Wildman–Crippen LogP) is 1.91. The predicted molar refractivity (Wildman–Crippen MR) is 71.2 cm³/mol. The Labute approximate surface area is 109 Å². The van der Waals surface area contributed by atoms with Crippen LogP contribution in [0.15, 0.2) is 6.20 Å². The average molecular weight is 252 g/mol. The highest BCUT2D eigenvalue weighted by Gasteiger charge is 2.11. The second-order valence-corrected chi connectivity index (χ2v) is 5.45. The van der Waals surface area contributed by atoms with Crippen LogP contribution in [0.2, 0.25) is 0 Å². The summed E-state index contributed by atoms with van der Waals surface area (Å²) in [5.41, 5.74) is 0.938. The lowest BCUT2D eigenvalue weighted by Gasteiger charge is -2.17. The second-order valence-electron chi connectivity index (χ2n) is 5.45. The molecule has 1 aromatic heterocycles. The van der Waals surface area contributed by atoms with Crippen LogP contribution in [0.1, 0.15) is 45.9 Å². The molecule has 102 valence electrons. The first kappa shape index (κ1) is 14.7. The topological polar surface area (TPSA) is 51.0 Å². The van der Waals surface area contributed by atoms with Crippen molar-refractivity contribution >= 4 is 5.91 Å². The van der Waals surface area contributed by atoms with Gasteiger partial charge in [-0.3, -0.25) is 4.79 Å². The Morgan fingerprint density at radius 1 is 1.39 bits per heavy atom. The van der Waals surface area contributed by atoms with E-state index in [0.29, 0.717) is 24.9 Å². The number of carbonyl (C=O) groups is 1. The summed E-state index contributed by atoms with van der Waals surface area (Å²) in [5, 5.41) is 8.15. The van der Waals surface area contributed by atoms with E-state index in [1.54, 1.807) is 4.90 Å². The maximum atomic E-state index is 11.8. The molecule has 0 spiro atoms. The van der Waals surface area contributed by atoms with E-state index in [1.807, 2.05) is 17.9 Å². The van der Waals surface area contributed by atoms with Crippen molar-refractivity contribution in [2.75, 3.05) is 13.6 Å². The molecule has 1 rings (SSSR count). The molecule has 0 aromatic carbocycles. The van der Waals surface area contributed by atoms with Crippen LogP contribution in [-0.2, 0) is 11.2 Å². The van der Waals surface area contributed by atoms with Crippen LogP contribution in [0.4, 0.5) is 0 Å². The molecule has 0 bridgehead atoms. The van der Waals surface area contributed by atoms with Gasteiger partial charge in [-0.05, 0) is 19.8 Å². The van der Waals surface area contributed by atoms with Crippen molar-refractivity contribution in [2.24, 2.45) is 5.92 Å². The third-order valence-electron chi connectivity index (χ3n) is 2.80. The van der Waals surface area contributed by atoms with Gasteiger partial charge in [0.15, 0.2) is 0 Å². The lowest BCUT2D eigenvalue weighted by molar-refractivity contribution is -0.130. The van der Waals surface area contributed by atoms with E-state index >= 15 is 0 Å². The summed E-state index contributed by atoms with van der Waals surface area (Å²) in [6.07, 6.45) is 3.31. The third-order valence-corrected chi connectivity index (χ3v) is 2.80. The molecule has 1 amide bonds. The SMILES string of the molecule is CC(C)CC(=O)N(C)CCc1cn(C(C)C)nn1. The highest BCUT2D eigenvalue weighted by Crippen LogP contribution is 2.06. The van der Waals surface area contributed by atoms with Gasteiger partial charge in [0.2, 0.25) is 5.91 Å². The summed E-state index contributed by atoms with van der Waals surface area (Å²) >= 11 is 0. The molecular weight excluding hydrogens is 228 g/mol. The normalized spacial score (nSPS) is 11.3. The lowest BCUT2D eigenvalue weighted by atomic mass is 10.1. The Hall–Kier alpha value is -1.39. The van der Waals surface area contributed by atoms with E-state index in [1.165, 1.54) is 0 Å². The van der Waals surface area contributed by atoms with E-state index < -0.39 is 0 Å². The molecule has 0 aliphatic rings. The second kappa shape index (κ2) is 6.52. The van der Waals surface area contributed by atoms with Crippen molar-refractivity contribution in [2.45, 2.75) is 46.6 Å². The van der Waals surface area contributed by atoms with Crippen LogP contribution in [0.3, 0.4) is 0 Å². The van der Waals surface area contributed by atoms with Crippen LogP contribution in [0.5, 0.6) is 0 Å². The molecule has 0 saturated carbocycles. The van der Waals surface area contributed by atoms with Crippen LogP contribution in [0.25, 0.3) is 0 Å². The fourth-order valence-electron chi connectivity index (χ4n) is 1.59. The minimum Gasteiger partial charge on any atom is -0.345 e. The zero-order valence-electron chi connectivity index (χ0n) is 12.1. The van der Waals surface area contributed by atoms with Gasteiger partial charge in [-0.25, -0.2) is 4.68 Å². The molecule has 1 heterocycles. The van der Waals surface area contributed by atoms with Crippen LogP contribution >= 0.6 is 0 Å². The maximum Gasteiger partial charge on any atom is 0.222 e. The van der Waals surface area contributed by atoms with Crippen LogP contribution in [-0.4, -0.2) is 39.4 Å². The number of hydrogen-bond donors (Lipinski definition) is 0. The summed E-state index contributed by atoms with van der Waals surface area (Å²) < 4.78 is 1.84. The quantitative estimate of drug-likeness (QED) is 0.777. The van der Waals surface area contributed by atoms with Gasteiger partial charge in [0, 0.05) is 38.7 Å². The van der Waals surface area contributed by atoms with Gasteiger partial charge < -0.3 is 4.90 Å². The number of carbonyl (C=O) groups excluding carboxylic acids is 1.